The molecule has 0 bridgehead atoms. The van der Waals surface area contributed by atoms with Gasteiger partial charge in [-0.25, -0.2) is 4.79 Å². The first-order valence-electron chi connectivity index (χ1n) is 12.4. The Hall–Kier alpha value is -2.81. The molecule has 2 aliphatic rings. The van der Waals surface area contributed by atoms with Gasteiger partial charge in [0.25, 0.3) is 0 Å². The van der Waals surface area contributed by atoms with Gasteiger partial charge >= 0.3 is 6.03 Å². The number of rotatable bonds is 8. The minimum Gasteiger partial charge on any atom is -0.375 e. The van der Waals surface area contributed by atoms with Crippen LogP contribution in [0.2, 0.25) is 0 Å². The van der Waals surface area contributed by atoms with Crippen molar-refractivity contribution in [2.75, 3.05) is 56.7 Å². The Balaban J connectivity index is 1.46. The molecular weight excluding hydrogens is 434 g/mol. The van der Waals surface area contributed by atoms with Gasteiger partial charge in [0.2, 0.25) is 11.8 Å². The average molecular weight is 474 g/mol. The summed E-state index contributed by atoms with van der Waals surface area (Å²) in [5, 5.41) is 6.06. The average Bonchev–Trinajstić information content (AvgIpc) is 2.83. The van der Waals surface area contributed by atoms with Crippen LogP contribution in [0.5, 0.6) is 0 Å². The number of ether oxygens (including phenoxy) is 1. The Morgan fingerprint density at radius 1 is 1.03 bits per heavy atom. The summed E-state index contributed by atoms with van der Waals surface area (Å²) in [4.78, 5) is 42.8. The number of anilines is 2. The highest BCUT2D eigenvalue weighted by Gasteiger charge is 2.24. The summed E-state index contributed by atoms with van der Waals surface area (Å²) in [6.07, 6.45) is 5.87. The first kappa shape index (κ1) is 25.8. The van der Waals surface area contributed by atoms with Gasteiger partial charge < -0.3 is 30.1 Å². The molecule has 1 saturated heterocycles. The summed E-state index contributed by atoms with van der Waals surface area (Å²) in [5.74, 6) is -0.460. The maximum absolute atomic E-state index is 12.6. The van der Waals surface area contributed by atoms with Crippen molar-refractivity contribution in [3.63, 3.8) is 0 Å². The fourth-order valence-electron chi connectivity index (χ4n) is 4.56. The van der Waals surface area contributed by atoms with Crippen LogP contribution in [0.4, 0.5) is 16.2 Å². The lowest BCUT2D eigenvalue weighted by atomic mass is 9.96. The molecule has 1 aromatic carbocycles. The highest BCUT2D eigenvalue weighted by Crippen LogP contribution is 2.21. The zero-order valence-electron chi connectivity index (χ0n) is 20.7. The van der Waals surface area contributed by atoms with Crippen LogP contribution in [0, 0.1) is 0 Å². The summed E-state index contributed by atoms with van der Waals surface area (Å²) in [5.41, 5.74) is 1.74. The third-order valence-electron chi connectivity index (χ3n) is 6.54. The van der Waals surface area contributed by atoms with Gasteiger partial charge in [-0.15, -0.1) is 0 Å². The number of nitrogens with one attached hydrogen (secondary N) is 2. The minimum absolute atomic E-state index is 0.0213. The molecule has 1 aliphatic heterocycles. The fraction of sp³-hybridized carbons (Fsp3) is 0.640. The lowest BCUT2D eigenvalue weighted by Gasteiger charge is -2.37. The molecule has 188 valence electrons. The first-order chi connectivity index (χ1) is 16.4. The summed E-state index contributed by atoms with van der Waals surface area (Å²) in [7, 11) is 1.46. The number of urea groups is 1. The molecule has 9 heteroatoms. The van der Waals surface area contributed by atoms with E-state index in [1.807, 2.05) is 43.0 Å². The standard InChI is InChI=1S/C25H39N5O4/c1-19(2)30(24(32)18-34-3)17-23(31)26-21-9-11-22(12-10-21)28-13-15-29(16-14-28)25(33)27-20-7-5-4-6-8-20/h9-12,19-20H,4-8,13-18H2,1-3H3,(H,26,31)(H,27,33). The Labute approximate surface area is 202 Å². The van der Waals surface area contributed by atoms with Crippen LogP contribution in [-0.2, 0) is 14.3 Å². The van der Waals surface area contributed by atoms with E-state index in [-0.39, 0.29) is 37.0 Å². The second-order valence-electron chi connectivity index (χ2n) is 9.40. The lowest BCUT2D eigenvalue weighted by molar-refractivity contribution is -0.139. The van der Waals surface area contributed by atoms with Gasteiger partial charge in [-0.2, -0.15) is 0 Å². The number of amides is 4. The SMILES string of the molecule is COCC(=O)N(CC(=O)Nc1ccc(N2CCN(C(=O)NC3CCCCC3)CC2)cc1)C(C)C. The number of carbonyl (C=O) groups excluding carboxylic acids is 3. The highest BCUT2D eigenvalue weighted by atomic mass is 16.5. The van der Waals surface area contributed by atoms with Crippen molar-refractivity contribution in [3.8, 4) is 0 Å². The molecule has 2 N–H and O–H groups in total. The Bertz CT molecular complexity index is 815. The van der Waals surface area contributed by atoms with Crippen molar-refractivity contribution >= 4 is 29.2 Å². The number of carbonyl (C=O) groups is 3. The maximum atomic E-state index is 12.6. The van der Waals surface area contributed by atoms with E-state index in [2.05, 4.69) is 15.5 Å². The van der Waals surface area contributed by atoms with Crippen molar-refractivity contribution < 1.29 is 19.1 Å². The van der Waals surface area contributed by atoms with Gasteiger partial charge in [0.1, 0.15) is 13.2 Å². The lowest BCUT2D eigenvalue weighted by Crippen LogP contribution is -2.53. The van der Waals surface area contributed by atoms with Crippen LogP contribution in [0.3, 0.4) is 0 Å². The van der Waals surface area contributed by atoms with E-state index in [0.29, 0.717) is 24.8 Å². The molecule has 0 aromatic heterocycles. The molecule has 1 aliphatic carbocycles. The molecule has 0 radical (unpaired) electrons. The summed E-state index contributed by atoms with van der Waals surface area (Å²) in [6.45, 7) is 6.60. The number of nitrogens with zero attached hydrogens (tertiary/aromatic N) is 3. The van der Waals surface area contributed by atoms with Crippen LogP contribution >= 0.6 is 0 Å². The molecule has 0 unspecified atom stereocenters. The van der Waals surface area contributed by atoms with Crippen LogP contribution in [0.25, 0.3) is 0 Å². The largest absolute Gasteiger partial charge is 0.375 e. The molecule has 3 rings (SSSR count). The van der Waals surface area contributed by atoms with Crippen molar-refractivity contribution in [1.29, 1.82) is 0 Å². The smallest absolute Gasteiger partial charge is 0.317 e. The van der Waals surface area contributed by atoms with Gasteiger partial charge in [0.15, 0.2) is 0 Å². The second-order valence-corrected chi connectivity index (χ2v) is 9.40. The van der Waals surface area contributed by atoms with E-state index in [0.717, 1.165) is 31.6 Å². The zero-order valence-corrected chi connectivity index (χ0v) is 20.7. The first-order valence-corrected chi connectivity index (χ1v) is 12.4. The molecular formula is C25H39N5O4. The van der Waals surface area contributed by atoms with Crippen molar-refractivity contribution in [2.24, 2.45) is 0 Å². The van der Waals surface area contributed by atoms with Crippen LogP contribution in [0.15, 0.2) is 24.3 Å². The highest BCUT2D eigenvalue weighted by molar-refractivity contribution is 5.94. The van der Waals surface area contributed by atoms with E-state index in [9.17, 15) is 14.4 Å². The summed E-state index contributed by atoms with van der Waals surface area (Å²) >= 11 is 0. The van der Waals surface area contributed by atoms with E-state index in [1.54, 1.807) is 0 Å². The third-order valence-corrected chi connectivity index (χ3v) is 6.54. The Morgan fingerprint density at radius 2 is 1.68 bits per heavy atom. The van der Waals surface area contributed by atoms with Gasteiger partial charge in [-0.3, -0.25) is 9.59 Å². The predicted molar refractivity (Wildman–Crippen MR) is 133 cm³/mol. The maximum Gasteiger partial charge on any atom is 0.317 e. The van der Waals surface area contributed by atoms with Crippen molar-refractivity contribution in [1.82, 2.24) is 15.1 Å². The number of hydrogen-bond donors (Lipinski definition) is 2. The summed E-state index contributed by atoms with van der Waals surface area (Å²) < 4.78 is 4.91. The van der Waals surface area contributed by atoms with Crippen LogP contribution in [-0.4, -0.2) is 86.2 Å². The van der Waals surface area contributed by atoms with Gasteiger partial charge in [-0.1, -0.05) is 19.3 Å². The number of methoxy groups -OCH3 is 1. The molecule has 1 saturated carbocycles. The number of benzene rings is 1. The van der Waals surface area contributed by atoms with Crippen LogP contribution < -0.4 is 15.5 Å². The van der Waals surface area contributed by atoms with Gasteiger partial charge in [-0.05, 0) is 51.0 Å². The monoisotopic (exact) mass is 473 g/mol. The quantitative estimate of drug-likeness (QED) is 0.605. The molecule has 0 atom stereocenters. The van der Waals surface area contributed by atoms with E-state index < -0.39 is 0 Å². The van der Waals surface area contributed by atoms with E-state index >= 15 is 0 Å². The molecule has 1 heterocycles. The fourth-order valence-corrected chi connectivity index (χ4v) is 4.56. The number of hydrogen-bond acceptors (Lipinski definition) is 5. The van der Waals surface area contributed by atoms with Gasteiger partial charge in [0.05, 0.1) is 0 Å². The third kappa shape index (κ3) is 7.35. The molecule has 2 fully saturated rings. The molecule has 34 heavy (non-hydrogen) atoms. The van der Waals surface area contributed by atoms with Crippen molar-refractivity contribution in [3.05, 3.63) is 24.3 Å². The molecule has 1 aromatic rings. The summed E-state index contributed by atoms with van der Waals surface area (Å²) in [6, 6.07) is 7.97. The zero-order chi connectivity index (χ0) is 24.5. The predicted octanol–water partition coefficient (Wildman–Crippen LogP) is 2.67. The molecule has 9 nitrogen and oxygen atoms in total. The molecule has 0 spiro atoms. The topological polar surface area (TPSA) is 94.2 Å². The minimum atomic E-state index is -0.247. The normalized spacial score (nSPS) is 16.9. The number of piperazine rings is 1. The van der Waals surface area contributed by atoms with Crippen molar-refractivity contribution in [2.45, 2.75) is 58.0 Å². The molecule has 4 amide bonds. The van der Waals surface area contributed by atoms with Crippen LogP contribution in [0.1, 0.15) is 46.0 Å². The van der Waals surface area contributed by atoms with E-state index in [4.69, 9.17) is 4.74 Å². The Kier molecular flexibility index (Phi) is 9.56. The van der Waals surface area contributed by atoms with Gasteiger partial charge in [0, 0.05) is 56.7 Å². The second kappa shape index (κ2) is 12.6. The Morgan fingerprint density at radius 3 is 2.26 bits per heavy atom. The van der Waals surface area contributed by atoms with E-state index in [1.165, 1.54) is 31.3 Å².